The highest BCUT2D eigenvalue weighted by Gasteiger charge is 2.21. The number of hydrogen-bond donors (Lipinski definition) is 2. The van der Waals surface area contributed by atoms with Crippen molar-refractivity contribution in [3.05, 3.63) is 17.0 Å². The smallest absolute Gasteiger partial charge is 0.224 e. The van der Waals surface area contributed by atoms with Crippen LogP contribution in [0.25, 0.3) is 0 Å². The molecule has 0 spiro atoms. The maximum atomic E-state index is 12.0. The second-order valence-electron chi connectivity index (χ2n) is 5.16. The Hall–Kier alpha value is -1.36. The van der Waals surface area contributed by atoms with Gasteiger partial charge in [-0.3, -0.25) is 4.79 Å². The highest BCUT2D eigenvalue weighted by Crippen LogP contribution is 2.18. The monoisotopic (exact) mass is 251 g/mol. The number of hydrogen-bond acceptors (Lipinski definition) is 4. The van der Waals surface area contributed by atoms with Crippen molar-refractivity contribution in [2.75, 3.05) is 0 Å². The topological polar surface area (TPSA) is 81.2 Å². The van der Waals surface area contributed by atoms with Gasteiger partial charge in [0.1, 0.15) is 5.76 Å². The summed E-state index contributed by atoms with van der Waals surface area (Å²) in [5.41, 5.74) is 7.55. The molecule has 1 fully saturated rings. The van der Waals surface area contributed by atoms with E-state index in [2.05, 4.69) is 10.5 Å². The van der Waals surface area contributed by atoms with Crippen LogP contribution in [0.2, 0.25) is 0 Å². The Balaban J connectivity index is 1.86. The third-order valence-corrected chi connectivity index (χ3v) is 3.66. The average molecular weight is 251 g/mol. The van der Waals surface area contributed by atoms with Gasteiger partial charge in [-0.1, -0.05) is 5.16 Å². The van der Waals surface area contributed by atoms with Gasteiger partial charge in [0, 0.05) is 17.6 Å². The lowest BCUT2D eigenvalue weighted by Gasteiger charge is -2.26. The molecule has 1 heterocycles. The molecule has 5 nitrogen and oxygen atoms in total. The first-order valence-corrected chi connectivity index (χ1v) is 6.53. The molecule has 0 aliphatic heterocycles. The number of aromatic nitrogens is 1. The SMILES string of the molecule is Cc1noc(C)c1CC(=O)NC1CCC(N)CC1. The standard InChI is InChI=1S/C13H21N3O2/c1-8-12(9(2)18-16-8)7-13(17)15-11-5-3-10(14)4-6-11/h10-11H,3-7,14H2,1-2H3,(H,15,17). The first kappa shape index (κ1) is 13.1. The van der Waals surface area contributed by atoms with Crippen molar-refractivity contribution in [2.45, 2.75) is 58.0 Å². The summed E-state index contributed by atoms with van der Waals surface area (Å²) in [6, 6.07) is 0.582. The van der Waals surface area contributed by atoms with Crippen molar-refractivity contribution in [3.63, 3.8) is 0 Å². The van der Waals surface area contributed by atoms with Crippen molar-refractivity contribution in [1.29, 1.82) is 0 Å². The zero-order chi connectivity index (χ0) is 13.1. The van der Waals surface area contributed by atoms with Crippen LogP contribution in [-0.4, -0.2) is 23.1 Å². The number of carbonyl (C=O) groups excluding carboxylic acids is 1. The molecule has 1 aliphatic carbocycles. The Kier molecular flexibility index (Phi) is 4.01. The van der Waals surface area contributed by atoms with E-state index in [1.165, 1.54) is 0 Å². The minimum Gasteiger partial charge on any atom is -0.361 e. The van der Waals surface area contributed by atoms with E-state index in [-0.39, 0.29) is 11.9 Å². The van der Waals surface area contributed by atoms with Crippen molar-refractivity contribution >= 4 is 5.91 Å². The molecule has 5 heteroatoms. The van der Waals surface area contributed by atoms with Gasteiger partial charge in [-0.15, -0.1) is 0 Å². The molecule has 1 aromatic rings. The summed E-state index contributed by atoms with van der Waals surface area (Å²) in [5, 5.41) is 6.92. The summed E-state index contributed by atoms with van der Waals surface area (Å²) in [5.74, 6) is 0.776. The lowest BCUT2D eigenvalue weighted by molar-refractivity contribution is -0.121. The molecule has 1 amide bonds. The van der Waals surface area contributed by atoms with Crippen molar-refractivity contribution < 1.29 is 9.32 Å². The van der Waals surface area contributed by atoms with E-state index in [9.17, 15) is 4.79 Å². The lowest BCUT2D eigenvalue weighted by Crippen LogP contribution is -2.41. The number of nitrogens with zero attached hydrogens (tertiary/aromatic N) is 1. The zero-order valence-corrected chi connectivity index (χ0v) is 11.0. The van der Waals surface area contributed by atoms with E-state index >= 15 is 0 Å². The van der Waals surface area contributed by atoms with Crippen molar-refractivity contribution in [1.82, 2.24) is 10.5 Å². The van der Waals surface area contributed by atoms with E-state index in [1.54, 1.807) is 0 Å². The van der Waals surface area contributed by atoms with Gasteiger partial charge in [-0.25, -0.2) is 0 Å². The molecule has 2 rings (SSSR count). The van der Waals surface area contributed by atoms with Crippen LogP contribution in [0.15, 0.2) is 4.52 Å². The van der Waals surface area contributed by atoms with Gasteiger partial charge < -0.3 is 15.6 Å². The fourth-order valence-corrected chi connectivity index (χ4v) is 2.46. The largest absolute Gasteiger partial charge is 0.361 e. The molecule has 1 aromatic heterocycles. The van der Waals surface area contributed by atoms with Crippen LogP contribution < -0.4 is 11.1 Å². The minimum absolute atomic E-state index is 0.0462. The van der Waals surface area contributed by atoms with Crippen LogP contribution in [0.3, 0.4) is 0 Å². The third kappa shape index (κ3) is 3.10. The summed E-state index contributed by atoms with van der Waals surface area (Å²) in [7, 11) is 0. The van der Waals surface area contributed by atoms with Crippen LogP contribution in [0.5, 0.6) is 0 Å². The minimum atomic E-state index is 0.0462. The molecule has 0 unspecified atom stereocenters. The molecule has 1 aliphatic rings. The zero-order valence-electron chi connectivity index (χ0n) is 11.0. The van der Waals surface area contributed by atoms with Crippen LogP contribution in [0, 0.1) is 13.8 Å². The first-order valence-electron chi connectivity index (χ1n) is 6.53. The first-order chi connectivity index (χ1) is 8.56. The summed E-state index contributed by atoms with van der Waals surface area (Å²) >= 11 is 0. The molecule has 18 heavy (non-hydrogen) atoms. The molecule has 3 N–H and O–H groups in total. The fourth-order valence-electron chi connectivity index (χ4n) is 2.46. The Labute approximate surface area is 107 Å². The number of nitrogens with one attached hydrogen (secondary N) is 1. The summed E-state index contributed by atoms with van der Waals surface area (Å²) in [4.78, 5) is 12.0. The molecule has 0 aromatic carbocycles. The third-order valence-electron chi connectivity index (χ3n) is 3.66. The Morgan fingerprint density at radius 2 is 2.06 bits per heavy atom. The quantitative estimate of drug-likeness (QED) is 0.846. The number of carbonyl (C=O) groups is 1. The summed E-state index contributed by atoms with van der Waals surface area (Å²) in [6.07, 6.45) is 4.30. The molecule has 0 atom stereocenters. The fraction of sp³-hybridized carbons (Fsp3) is 0.692. The summed E-state index contributed by atoms with van der Waals surface area (Å²) < 4.78 is 5.05. The number of nitrogens with two attached hydrogens (primary N) is 1. The second-order valence-corrected chi connectivity index (χ2v) is 5.16. The van der Waals surface area contributed by atoms with Crippen LogP contribution in [0.1, 0.15) is 42.7 Å². The number of rotatable bonds is 3. The van der Waals surface area contributed by atoms with Gasteiger partial charge in [-0.05, 0) is 39.5 Å². The van der Waals surface area contributed by atoms with E-state index < -0.39 is 0 Å². The maximum absolute atomic E-state index is 12.0. The normalized spacial score (nSPS) is 23.9. The Morgan fingerprint density at radius 1 is 1.39 bits per heavy atom. The Morgan fingerprint density at radius 3 is 2.61 bits per heavy atom. The molecule has 100 valence electrons. The van der Waals surface area contributed by atoms with Crippen LogP contribution in [-0.2, 0) is 11.2 Å². The van der Waals surface area contributed by atoms with Gasteiger partial charge in [0.05, 0.1) is 12.1 Å². The van der Waals surface area contributed by atoms with Crippen LogP contribution in [0.4, 0.5) is 0 Å². The molecule has 0 bridgehead atoms. The molecule has 0 saturated heterocycles. The predicted octanol–water partition coefficient (Wildman–Crippen LogP) is 1.22. The van der Waals surface area contributed by atoms with E-state index in [0.717, 1.165) is 42.7 Å². The second kappa shape index (κ2) is 5.52. The van der Waals surface area contributed by atoms with Crippen molar-refractivity contribution in [2.24, 2.45) is 5.73 Å². The van der Waals surface area contributed by atoms with E-state index in [0.29, 0.717) is 12.5 Å². The average Bonchev–Trinajstić information content (AvgIpc) is 2.64. The molecule has 0 radical (unpaired) electrons. The summed E-state index contributed by atoms with van der Waals surface area (Å²) in [6.45, 7) is 3.70. The number of aryl methyl sites for hydroxylation is 2. The molecular formula is C13H21N3O2. The van der Waals surface area contributed by atoms with E-state index in [1.807, 2.05) is 13.8 Å². The van der Waals surface area contributed by atoms with Gasteiger partial charge in [0.25, 0.3) is 0 Å². The highest BCUT2D eigenvalue weighted by molar-refractivity contribution is 5.79. The highest BCUT2D eigenvalue weighted by atomic mass is 16.5. The van der Waals surface area contributed by atoms with Gasteiger partial charge >= 0.3 is 0 Å². The number of amides is 1. The molecular weight excluding hydrogens is 230 g/mol. The van der Waals surface area contributed by atoms with Gasteiger partial charge in [0.15, 0.2) is 0 Å². The van der Waals surface area contributed by atoms with Gasteiger partial charge in [-0.2, -0.15) is 0 Å². The maximum Gasteiger partial charge on any atom is 0.224 e. The van der Waals surface area contributed by atoms with E-state index in [4.69, 9.17) is 10.3 Å². The predicted molar refractivity (Wildman–Crippen MR) is 68.1 cm³/mol. The van der Waals surface area contributed by atoms with Gasteiger partial charge in [0.2, 0.25) is 5.91 Å². The molecule has 1 saturated carbocycles. The van der Waals surface area contributed by atoms with Crippen molar-refractivity contribution in [3.8, 4) is 0 Å². The Bertz CT molecular complexity index is 400. The van der Waals surface area contributed by atoms with Crippen LogP contribution >= 0.6 is 0 Å². The lowest BCUT2D eigenvalue weighted by atomic mass is 9.91.